The molecule has 0 saturated heterocycles. The molecule has 1 aromatic heterocycles. The highest BCUT2D eigenvalue weighted by Crippen LogP contribution is 2.22. The summed E-state index contributed by atoms with van der Waals surface area (Å²) in [6, 6.07) is 14.4. The number of nitrogens with zero attached hydrogens (tertiary/aromatic N) is 1. The first-order valence-corrected chi connectivity index (χ1v) is 10.7. The number of carbonyl (C=O) groups is 1. The molecule has 1 amide bonds. The van der Waals surface area contributed by atoms with E-state index in [1.807, 2.05) is 44.2 Å². The molecule has 8 heteroatoms. The van der Waals surface area contributed by atoms with Crippen molar-refractivity contribution in [2.24, 2.45) is 0 Å². The third-order valence-corrected chi connectivity index (χ3v) is 5.93. The van der Waals surface area contributed by atoms with Gasteiger partial charge in [-0.1, -0.05) is 37.3 Å². The number of fused-ring (bicyclic) bond motifs is 1. The van der Waals surface area contributed by atoms with E-state index in [1.165, 1.54) is 6.07 Å². The van der Waals surface area contributed by atoms with Crippen LogP contribution in [0, 0.1) is 0 Å². The fourth-order valence-corrected chi connectivity index (χ4v) is 3.78. The van der Waals surface area contributed by atoms with E-state index < -0.39 is 10.0 Å². The molecule has 0 fully saturated rings. The van der Waals surface area contributed by atoms with Crippen molar-refractivity contribution in [3.8, 4) is 11.4 Å². The van der Waals surface area contributed by atoms with Gasteiger partial charge < -0.3 is 10.3 Å². The molecule has 148 valence electrons. The molecule has 0 radical (unpaired) electrons. The van der Waals surface area contributed by atoms with E-state index in [4.69, 9.17) is 0 Å². The summed E-state index contributed by atoms with van der Waals surface area (Å²) in [5.74, 6) is 0.508. The fourth-order valence-electron chi connectivity index (χ4n) is 2.72. The van der Waals surface area contributed by atoms with Crippen LogP contribution in [0.25, 0.3) is 22.4 Å². The van der Waals surface area contributed by atoms with Gasteiger partial charge in [0.25, 0.3) is 0 Å². The highest BCUT2D eigenvalue weighted by molar-refractivity contribution is 7.89. The van der Waals surface area contributed by atoms with Gasteiger partial charge in [0.05, 0.1) is 15.9 Å². The third-order valence-electron chi connectivity index (χ3n) is 4.47. The average Bonchev–Trinajstić information content (AvgIpc) is 3.11. The molecular weight excluding hydrogens is 376 g/mol. The second kappa shape index (κ2) is 8.53. The second-order valence-electron chi connectivity index (χ2n) is 6.65. The van der Waals surface area contributed by atoms with E-state index in [9.17, 15) is 13.2 Å². The Labute approximate surface area is 164 Å². The Morgan fingerprint density at radius 3 is 2.64 bits per heavy atom. The summed E-state index contributed by atoms with van der Waals surface area (Å²) >= 11 is 0. The van der Waals surface area contributed by atoms with Gasteiger partial charge in [-0.3, -0.25) is 4.79 Å². The lowest BCUT2D eigenvalue weighted by molar-refractivity contribution is -0.121. The van der Waals surface area contributed by atoms with E-state index in [-0.39, 0.29) is 29.8 Å². The molecular formula is C20H24N4O3S. The monoisotopic (exact) mass is 400 g/mol. The molecule has 0 bridgehead atoms. The van der Waals surface area contributed by atoms with Crippen molar-refractivity contribution in [1.29, 1.82) is 0 Å². The minimum atomic E-state index is -3.71. The molecule has 1 unspecified atom stereocenters. The number of sulfonamides is 1. The topological polar surface area (TPSA) is 104 Å². The number of benzene rings is 2. The highest BCUT2D eigenvalue weighted by atomic mass is 32.2. The molecule has 0 aliphatic heterocycles. The summed E-state index contributed by atoms with van der Waals surface area (Å²) in [6.07, 6.45) is 0.917. The third kappa shape index (κ3) is 4.76. The van der Waals surface area contributed by atoms with Crippen LogP contribution in [0.4, 0.5) is 0 Å². The van der Waals surface area contributed by atoms with Crippen LogP contribution in [-0.2, 0) is 14.8 Å². The fraction of sp³-hybridized carbons (Fsp3) is 0.300. The average molecular weight is 401 g/mol. The zero-order valence-corrected chi connectivity index (χ0v) is 16.7. The zero-order chi connectivity index (χ0) is 20.1. The number of aromatic nitrogens is 2. The van der Waals surface area contributed by atoms with E-state index in [2.05, 4.69) is 20.0 Å². The lowest BCUT2D eigenvalue weighted by Crippen LogP contribution is -2.35. The van der Waals surface area contributed by atoms with Gasteiger partial charge >= 0.3 is 0 Å². The van der Waals surface area contributed by atoms with Crippen LogP contribution in [0.2, 0.25) is 0 Å². The van der Waals surface area contributed by atoms with Crippen LogP contribution in [0.3, 0.4) is 0 Å². The zero-order valence-electron chi connectivity index (χ0n) is 15.9. The molecule has 7 nitrogen and oxygen atoms in total. The number of carbonyl (C=O) groups excluding carboxylic acids is 1. The summed E-state index contributed by atoms with van der Waals surface area (Å²) in [5.41, 5.74) is 2.25. The summed E-state index contributed by atoms with van der Waals surface area (Å²) < 4.78 is 27.5. The van der Waals surface area contributed by atoms with Crippen molar-refractivity contribution in [2.45, 2.75) is 37.6 Å². The predicted octanol–water partition coefficient (Wildman–Crippen LogP) is 2.81. The summed E-state index contributed by atoms with van der Waals surface area (Å²) in [6.45, 7) is 3.93. The van der Waals surface area contributed by atoms with Gasteiger partial charge in [-0.05, 0) is 31.5 Å². The molecule has 3 N–H and O–H groups in total. The van der Waals surface area contributed by atoms with Crippen molar-refractivity contribution in [1.82, 2.24) is 20.0 Å². The molecule has 2 aromatic carbocycles. The quantitative estimate of drug-likeness (QED) is 0.541. The number of imidazole rings is 1. The van der Waals surface area contributed by atoms with E-state index in [0.717, 1.165) is 12.0 Å². The number of rotatable bonds is 8. The predicted molar refractivity (Wildman–Crippen MR) is 109 cm³/mol. The van der Waals surface area contributed by atoms with Gasteiger partial charge in [0.1, 0.15) is 5.82 Å². The Morgan fingerprint density at radius 2 is 1.93 bits per heavy atom. The van der Waals surface area contributed by atoms with Crippen molar-refractivity contribution in [3.63, 3.8) is 0 Å². The van der Waals surface area contributed by atoms with Crippen molar-refractivity contribution >= 4 is 27.0 Å². The number of hydrogen-bond acceptors (Lipinski definition) is 4. The highest BCUT2D eigenvalue weighted by Gasteiger charge is 2.16. The standard InChI is InChI=1S/C20H24N4O3S/c1-3-14(2)22-19(25)11-12-21-28(26,27)16-9-10-17-18(13-16)24-20(23-17)15-7-5-4-6-8-15/h4-10,13-14,21H,3,11-12H2,1-2H3,(H,22,25)(H,23,24). The van der Waals surface area contributed by atoms with Crippen molar-refractivity contribution in [2.75, 3.05) is 6.54 Å². The van der Waals surface area contributed by atoms with E-state index in [1.54, 1.807) is 12.1 Å². The summed E-state index contributed by atoms with van der Waals surface area (Å²) in [7, 11) is -3.71. The SMILES string of the molecule is CCC(C)NC(=O)CCNS(=O)(=O)c1ccc2nc(-c3ccccc3)[nH]c2c1. The van der Waals surface area contributed by atoms with Crippen LogP contribution in [0.15, 0.2) is 53.4 Å². The first-order chi connectivity index (χ1) is 13.4. The Kier molecular flexibility index (Phi) is 6.11. The molecule has 0 aliphatic carbocycles. The van der Waals surface area contributed by atoms with Crippen molar-refractivity contribution in [3.05, 3.63) is 48.5 Å². The number of hydrogen-bond donors (Lipinski definition) is 3. The Morgan fingerprint density at radius 1 is 1.18 bits per heavy atom. The molecule has 3 aromatic rings. The number of aromatic amines is 1. The van der Waals surface area contributed by atoms with Gasteiger partial charge in [0, 0.05) is 24.6 Å². The van der Waals surface area contributed by atoms with Crippen molar-refractivity contribution < 1.29 is 13.2 Å². The van der Waals surface area contributed by atoms with Crippen LogP contribution in [0.5, 0.6) is 0 Å². The van der Waals surface area contributed by atoms with Gasteiger partial charge in [0.15, 0.2) is 0 Å². The minimum absolute atomic E-state index is 0.0425. The van der Waals surface area contributed by atoms with Crippen LogP contribution in [0.1, 0.15) is 26.7 Å². The largest absolute Gasteiger partial charge is 0.354 e. The van der Waals surface area contributed by atoms with Gasteiger partial charge in [-0.25, -0.2) is 18.1 Å². The number of nitrogens with one attached hydrogen (secondary N) is 3. The molecule has 1 heterocycles. The molecule has 0 saturated carbocycles. The van der Waals surface area contributed by atoms with Crippen LogP contribution >= 0.6 is 0 Å². The first-order valence-electron chi connectivity index (χ1n) is 9.23. The van der Waals surface area contributed by atoms with Gasteiger partial charge in [0.2, 0.25) is 15.9 Å². The Hall–Kier alpha value is -2.71. The maximum absolute atomic E-state index is 12.5. The second-order valence-corrected chi connectivity index (χ2v) is 8.42. The van der Waals surface area contributed by atoms with E-state index >= 15 is 0 Å². The maximum Gasteiger partial charge on any atom is 0.240 e. The first kappa shape index (κ1) is 20.0. The number of amides is 1. The molecule has 0 spiro atoms. The molecule has 0 aliphatic rings. The smallest absolute Gasteiger partial charge is 0.240 e. The normalized spacial score (nSPS) is 12.8. The molecule has 1 atom stereocenters. The summed E-state index contributed by atoms with van der Waals surface area (Å²) in [5, 5.41) is 2.81. The lowest BCUT2D eigenvalue weighted by atomic mass is 10.2. The van der Waals surface area contributed by atoms with Gasteiger partial charge in [-0.15, -0.1) is 0 Å². The minimum Gasteiger partial charge on any atom is -0.354 e. The lowest BCUT2D eigenvalue weighted by Gasteiger charge is -2.11. The maximum atomic E-state index is 12.5. The summed E-state index contributed by atoms with van der Waals surface area (Å²) in [4.78, 5) is 19.6. The number of H-pyrrole nitrogens is 1. The molecule has 3 rings (SSSR count). The van der Waals surface area contributed by atoms with Crippen LogP contribution in [-0.4, -0.2) is 36.9 Å². The van der Waals surface area contributed by atoms with Crippen LogP contribution < -0.4 is 10.0 Å². The Balaban J connectivity index is 1.70. The Bertz CT molecular complexity index is 1060. The van der Waals surface area contributed by atoms with Gasteiger partial charge in [-0.2, -0.15) is 0 Å². The van der Waals surface area contributed by atoms with E-state index in [0.29, 0.717) is 16.9 Å². The molecule has 28 heavy (non-hydrogen) atoms.